The molecule has 1 aromatic carbocycles. The molecule has 1 saturated carbocycles. The number of benzene rings is 1. The summed E-state index contributed by atoms with van der Waals surface area (Å²) < 4.78 is 35.7. The van der Waals surface area contributed by atoms with Crippen LogP contribution in [0.5, 0.6) is 5.75 Å². The van der Waals surface area contributed by atoms with Crippen molar-refractivity contribution in [2.45, 2.75) is 50.3 Å². The lowest BCUT2D eigenvalue weighted by Crippen LogP contribution is -2.41. The van der Waals surface area contributed by atoms with Gasteiger partial charge in [0.25, 0.3) is 5.91 Å². The highest BCUT2D eigenvalue weighted by molar-refractivity contribution is 7.91. The summed E-state index contributed by atoms with van der Waals surface area (Å²) in [6, 6.07) is 6.18. The van der Waals surface area contributed by atoms with Crippen LogP contribution in [0, 0.1) is 5.92 Å². The largest absolute Gasteiger partial charge is 0.497 e. The van der Waals surface area contributed by atoms with Crippen molar-refractivity contribution < 1.29 is 27.5 Å². The van der Waals surface area contributed by atoms with Crippen molar-refractivity contribution in [3.05, 3.63) is 41.2 Å². The molecule has 2 fully saturated rings. The number of Topliss-reactive ketones (excluding diaryl/α,β-unsaturated/α-hetero) is 1. The number of hydrogen-bond donors (Lipinski definition) is 0. The first-order valence-electron chi connectivity index (χ1n) is 10.5. The predicted molar refractivity (Wildman–Crippen MR) is 109 cm³/mol. The average Bonchev–Trinajstić information content (AvgIpc) is 3.25. The summed E-state index contributed by atoms with van der Waals surface area (Å²) in [5.74, 6) is 0.190. The van der Waals surface area contributed by atoms with Crippen LogP contribution < -0.4 is 4.74 Å². The standard InChI is InChI=1S/C22H25NO6S/c1-28-15-8-6-13(7-9-15)19-18-20(24)16-4-2-3-5-17(16)29-21(18)22(25)23(19)14-10-11-30(26,27)12-14/h6-9,14,16-17,19H,2-5,10-12H2,1H3. The summed E-state index contributed by atoms with van der Waals surface area (Å²) >= 11 is 0. The van der Waals surface area contributed by atoms with E-state index in [1.54, 1.807) is 24.1 Å². The second kappa shape index (κ2) is 7.11. The van der Waals surface area contributed by atoms with E-state index in [-0.39, 0.29) is 41.0 Å². The smallest absolute Gasteiger partial charge is 0.290 e. The number of hydrogen-bond acceptors (Lipinski definition) is 6. The molecule has 30 heavy (non-hydrogen) atoms. The van der Waals surface area contributed by atoms with Gasteiger partial charge in [-0.2, -0.15) is 0 Å². The molecule has 7 nitrogen and oxygen atoms in total. The van der Waals surface area contributed by atoms with Gasteiger partial charge in [0.1, 0.15) is 11.9 Å². The summed E-state index contributed by atoms with van der Waals surface area (Å²) in [4.78, 5) is 28.5. The minimum Gasteiger partial charge on any atom is -0.497 e. The van der Waals surface area contributed by atoms with E-state index in [1.807, 2.05) is 12.1 Å². The van der Waals surface area contributed by atoms with Gasteiger partial charge in [-0.25, -0.2) is 8.42 Å². The molecule has 8 heteroatoms. The zero-order chi connectivity index (χ0) is 21.0. The first-order chi connectivity index (χ1) is 14.4. The molecule has 0 spiro atoms. The van der Waals surface area contributed by atoms with Crippen LogP contribution in [0.2, 0.25) is 0 Å². The van der Waals surface area contributed by atoms with E-state index in [1.165, 1.54) is 0 Å². The normalized spacial score (nSPS) is 32.6. The Morgan fingerprint density at radius 2 is 1.80 bits per heavy atom. The maximum absolute atomic E-state index is 13.5. The summed E-state index contributed by atoms with van der Waals surface area (Å²) in [5.41, 5.74) is 1.17. The fourth-order valence-electron chi connectivity index (χ4n) is 5.35. The number of carbonyl (C=O) groups is 2. The molecule has 1 aliphatic carbocycles. The van der Waals surface area contributed by atoms with Crippen LogP contribution in [-0.4, -0.2) is 55.8 Å². The van der Waals surface area contributed by atoms with Gasteiger partial charge in [0.05, 0.1) is 36.1 Å². The molecule has 0 aromatic heterocycles. The van der Waals surface area contributed by atoms with Crippen LogP contribution in [-0.2, 0) is 24.2 Å². The number of carbonyl (C=O) groups excluding carboxylic acids is 2. The highest BCUT2D eigenvalue weighted by Gasteiger charge is 2.54. The van der Waals surface area contributed by atoms with Gasteiger partial charge >= 0.3 is 0 Å². The number of nitrogens with zero attached hydrogens (tertiary/aromatic N) is 1. The van der Waals surface area contributed by atoms with Crippen LogP contribution >= 0.6 is 0 Å². The van der Waals surface area contributed by atoms with Crippen LogP contribution in [0.3, 0.4) is 0 Å². The zero-order valence-electron chi connectivity index (χ0n) is 16.9. The Bertz CT molecular complexity index is 1030. The number of methoxy groups -OCH3 is 1. The minimum absolute atomic E-state index is 0.0153. The summed E-state index contributed by atoms with van der Waals surface area (Å²) in [5, 5.41) is 0. The first-order valence-corrected chi connectivity index (χ1v) is 12.3. The van der Waals surface area contributed by atoms with E-state index in [0.717, 1.165) is 31.2 Å². The molecular weight excluding hydrogens is 406 g/mol. The Morgan fingerprint density at radius 3 is 2.47 bits per heavy atom. The Labute approximate surface area is 175 Å². The molecule has 4 aliphatic rings. The SMILES string of the molecule is COc1ccc(C2C3=C(OC4CCCCC4C3=O)C(=O)N2C2CCS(=O)(=O)C2)cc1. The molecule has 0 N–H and O–H groups in total. The maximum Gasteiger partial charge on any atom is 0.290 e. The fourth-order valence-corrected chi connectivity index (χ4v) is 7.06. The Morgan fingerprint density at radius 1 is 1.07 bits per heavy atom. The van der Waals surface area contributed by atoms with E-state index < -0.39 is 21.9 Å². The van der Waals surface area contributed by atoms with Crippen molar-refractivity contribution in [2.75, 3.05) is 18.6 Å². The fraction of sp³-hybridized carbons (Fsp3) is 0.545. The number of sulfone groups is 1. The molecule has 1 amide bonds. The lowest BCUT2D eigenvalue weighted by Gasteiger charge is -2.35. The van der Waals surface area contributed by atoms with E-state index in [9.17, 15) is 18.0 Å². The molecule has 5 rings (SSSR count). The molecule has 4 unspecified atom stereocenters. The third-order valence-corrected chi connectivity index (χ3v) is 8.58. The molecule has 0 bridgehead atoms. The first kappa shape index (κ1) is 19.6. The molecule has 4 atom stereocenters. The molecule has 3 aliphatic heterocycles. The summed E-state index contributed by atoms with van der Waals surface area (Å²) in [7, 11) is -1.62. The van der Waals surface area contributed by atoms with Crippen LogP contribution in [0.4, 0.5) is 0 Å². The quantitative estimate of drug-likeness (QED) is 0.729. The van der Waals surface area contributed by atoms with Gasteiger partial charge in [0.2, 0.25) is 0 Å². The number of amides is 1. The van der Waals surface area contributed by atoms with Crippen LogP contribution in [0.1, 0.15) is 43.7 Å². The average molecular weight is 432 g/mol. The van der Waals surface area contributed by atoms with Crippen molar-refractivity contribution >= 4 is 21.5 Å². The van der Waals surface area contributed by atoms with Crippen molar-refractivity contribution in [2.24, 2.45) is 5.92 Å². The molecule has 3 heterocycles. The maximum atomic E-state index is 13.5. The van der Waals surface area contributed by atoms with Gasteiger partial charge in [0, 0.05) is 6.04 Å². The van der Waals surface area contributed by atoms with E-state index in [2.05, 4.69) is 0 Å². The van der Waals surface area contributed by atoms with E-state index >= 15 is 0 Å². The highest BCUT2D eigenvalue weighted by Crippen LogP contribution is 2.48. The van der Waals surface area contributed by atoms with Crippen molar-refractivity contribution in [1.29, 1.82) is 0 Å². The number of fused-ring (bicyclic) bond motifs is 1. The molecule has 160 valence electrons. The Kier molecular flexibility index (Phi) is 4.65. The third-order valence-electron chi connectivity index (χ3n) is 6.83. The number of ketones is 1. The summed E-state index contributed by atoms with van der Waals surface area (Å²) in [6.45, 7) is 0. The van der Waals surface area contributed by atoms with Gasteiger partial charge < -0.3 is 14.4 Å². The van der Waals surface area contributed by atoms with Crippen LogP contribution in [0.15, 0.2) is 35.6 Å². The molecular formula is C22H25NO6S. The Hall–Kier alpha value is -2.35. The molecule has 0 radical (unpaired) electrons. The van der Waals surface area contributed by atoms with Crippen molar-refractivity contribution in [3.8, 4) is 5.75 Å². The molecule has 1 saturated heterocycles. The van der Waals surface area contributed by atoms with Crippen LogP contribution in [0.25, 0.3) is 0 Å². The summed E-state index contributed by atoms with van der Waals surface area (Å²) in [6.07, 6.45) is 3.62. The topological polar surface area (TPSA) is 90.0 Å². The van der Waals surface area contributed by atoms with E-state index in [0.29, 0.717) is 17.7 Å². The number of rotatable bonds is 3. The predicted octanol–water partition coefficient (Wildman–Crippen LogP) is 2.18. The zero-order valence-corrected chi connectivity index (χ0v) is 17.7. The second-order valence-corrected chi connectivity index (χ2v) is 10.8. The van der Waals surface area contributed by atoms with Gasteiger partial charge in [-0.05, 0) is 43.4 Å². The second-order valence-electron chi connectivity index (χ2n) is 8.60. The van der Waals surface area contributed by atoms with Gasteiger partial charge in [0.15, 0.2) is 21.4 Å². The van der Waals surface area contributed by atoms with Crippen molar-refractivity contribution in [1.82, 2.24) is 4.90 Å². The van der Waals surface area contributed by atoms with Crippen molar-refractivity contribution in [3.63, 3.8) is 0 Å². The lowest BCUT2D eigenvalue weighted by atomic mass is 9.77. The van der Waals surface area contributed by atoms with Gasteiger partial charge in [-0.15, -0.1) is 0 Å². The Balaban J connectivity index is 1.60. The highest BCUT2D eigenvalue weighted by atomic mass is 32.2. The number of ether oxygens (including phenoxy) is 2. The van der Waals surface area contributed by atoms with Gasteiger partial charge in [-0.3, -0.25) is 9.59 Å². The lowest BCUT2D eigenvalue weighted by molar-refractivity contribution is -0.136. The van der Waals surface area contributed by atoms with Gasteiger partial charge in [-0.1, -0.05) is 18.6 Å². The molecule has 1 aromatic rings. The third kappa shape index (κ3) is 3.04. The monoisotopic (exact) mass is 431 g/mol. The van der Waals surface area contributed by atoms with E-state index in [4.69, 9.17) is 9.47 Å². The minimum atomic E-state index is -3.20.